The van der Waals surface area contributed by atoms with Crippen molar-refractivity contribution in [2.24, 2.45) is 5.73 Å². The first-order chi connectivity index (χ1) is 16.0. The molecule has 1 saturated heterocycles. The van der Waals surface area contributed by atoms with Crippen molar-refractivity contribution in [2.45, 2.75) is 0 Å². The third kappa shape index (κ3) is 5.55. The van der Waals surface area contributed by atoms with E-state index in [-0.39, 0.29) is 11.8 Å². The number of nitrogens with zero attached hydrogens (tertiary/aromatic N) is 1. The van der Waals surface area contributed by atoms with Crippen LogP contribution in [0.4, 0.5) is 5.69 Å². The molecule has 3 amide bonds. The highest BCUT2D eigenvalue weighted by Crippen LogP contribution is 2.23. The van der Waals surface area contributed by atoms with E-state index in [0.29, 0.717) is 60.2 Å². The standard InChI is InChI=1S/C25H23N3O5/c26-23(29)17-4-8-21(9-5-17)33-22-10-6-18(7-11-22)24(30)27-20-3-1-2-19(16-20)25(31)28-12-14-32-15-13-28/h1-11,16H,12-15H2,(H2,26,29)(H,27,30). The second-order valence-corrected chi connectivity index (χ2v) is 7.45. The summed E-state index contributed by atoms with van der Waals surface area (Å²) in [5.74, 6) is 0.187. The molecule has 1 fully saturated rings. The minimum atomic E-state index is -0.507. The zero-order valence-corrected chi connectivity index (χ0v) is 17.8. The van der Waals surface area contributed by atoms with Gasteiger partial charge in [0.2, 0.25) is 5.91 Å². The average Bonchev–Trinajstić information content (AvgIpc) is 2.85. The van der Waals surface area contributed by atoms with Crippen LogP contribution in [-0.2, 0) is 4.74 Å². The molecule has 33 heavy (non-hydrogen) atoms. The molecule has 0 radical (unpaired) electrons. The molecule has 1 aliphatic heterocycles. The normalized spacial score (nSPS) is 13.3. The lowest BCUT2D eigenvalue weighted by Crippen LogP contribution is -2.40. The average molecular weight is 445 g/mol. The van der Waals surface area contributed by atoms with Crippen LogP contribution in [0.1, 0.15) is 31.1 Å². The lowest BCUT2D eigenvalue weighted by Gasteiger charge is -2.27. The largest absolute Gasteiger partial charge is 0.457 e. The van der Waals surface area contributed by atoms with Crippen molar-refractivity contribution in [1.29, 1.82) is 0 Å². The van der Waals surface area contributed by atoms with Gasteiger partial charge in [-0.25, -0.2) is 0 Å². The van der Waals surface area contributed by atoms with Crippen LogP contribution < -0.4 is 15.8 Å². The Morgan fingerprint density at radius 1 is 0.818 bits per heavy atom. The number of hydrogen-bond acceptors (Lipinski definition) is 5. The van der Waals surface area contributed by atoms with Gasteiger partial charge in [-0.05, 0) is 66.7 Å². The molecule has 0 saturated carbocycles. The van der Waals surface area contributed by atoms with Gasteiger partial charge in [0.05, 0.1) is 13.2 Å². The van der Waals surface area contributed by atoms with Crippen LogP contribution in [0.25, 0.3) is 0 Å². The maximum atomic E-state index is 12.7. The maximum absolute atomic E-state index is 12.7. The SMILES string of the molecule is NC(=O)c1ccc(Oc2ccc(C(=O)Nc3cccc(C(=O)N4CCOCC4)c3)cc2)cc1. The van der Waals surface area contributed by atoms with Gasteiger partial charge in [-0.15, -0.1) is 0 Å². The van der Waals surface area contributed by atoms with Crippen LogP contribution in [0.15, 0.2) is 72.8 Å². The second kappa shape index (κ2) is 9.97. The van der Waals surface area contributed by atoms with Crippen molar-refractivity contribution in [3.8, 4) is 11.5 Å². The van der Waals surface area contributed by atoms with Crippen molar-refractivity contribution >= 4 is 23.4 Å². The van der Waals surface area contributed by atoms with Gasteiger partial charge >= 0.3 is 0 Å². The molecule has 3 aromatic rings. The maximum Gasteiger partial charge on any atom is 0.255 e. The number of hydrogen-bond donors (Lipinski definition) is 2. The molecule has 4 rings (SSSR count). The topological polar surface area (TPSA) is 111 Å². The van der Waals surface area contributed by atoms with E-state index in [0.717, 1.165) is 0 Å². The highest BCUT2D eigenvalue weighted by Gasteiger charge is 2.19. The van der Waals surface area contributed by atoms with Gasteiger partial charge in [0.1, 0.15) is 11.5 Å². The Bertz CT molecular complexity index is 1150. The highest BCUT2D eigenvalue weighted by atomic mass is 16.5. The van der Waals surface area contributed by atoms with Crippen molar-refractivity contribution in [2.75, 3.05) is 31.6 Å². The van der Waals surface area contributed by atoms with E-state index >= 15 is 0 Å². The number of rotatable bonds is 6. The molecule has 0 aromatic heterocycles. The molecule has 168 valence electrons. The fourth-order valence-corrected chi connectivity index (χ4v) is 3.38. The molecular formula is C25H23N3O5. The molecule has 0 atom stereocenters. The van der Waals surface area contributed by atoms with Crippen LogP contribution in [0.3, 0.4) is 0 Å². The summed E-state index contributed by atoms with van der Waals surface area (Å²) < 4.78 is 11.0. The number of benzene rings is 3. The summed E-state index contributed by atoms with van der Waals surface area (Å²) in [7, 11) is 0. The lowest BCUT2D eigenvalue weighted by molar-refractivity contribution is 0.0303. The number of anilines is 1. The minimum Gasteiger partial charge on any atom is -0.457 e. The molecular weight excluding hydrogens is 422 g/mol. The van der Waals surface area contributed by atoms with Gasteiger partial charge in [-0.1, -0.05) is 6.07 Å². The van der Waals surface area contributed by atoms with Crippen molar-refractivity contribution in [3.05, 3.63) is 89.5 Å². The number of primary amides is 1. The van der Waals surface area contributed by atoms with Gasteiger partial charge in [0.25, 0.3) is 11.8 Å². The van der Waals surface area contributed by atoms with E-state index in [9.17, 15) is 14.4 Å². The van der Waals surface area contributed by atoms with E-state index in [1.807, 2.05) is 0 Å². The third-order valence-corrected chi connectivity index (χ3v) is 5.16. The number of carbonyl (C=O) groups excluding carboxylic acids is 3. The molecule has 1 aliphatic rings. The molecule has 0 spiro atoms. The van der Waals surface area contributed by atoms with Gasteiger partial charge in [0, 0.05) is 35.5 Å². The molecule has 0 bridgehead atoms. The first-order valence-corrected chi connectivity index (χ1v) is 10.5. The first-order valence-electron chi connectivity index (χ1n) is 10.5. The predicted octanol–water partition coefficient (Wildman–Crippen LogP) is 3.30. The van der Waals surface area contributed by atoms with Crippen molar-refractivity contribution in [3.63, 3.8) is 0 Å². The summed E-state index contributed by atoms with van der Waals surface area (Å²) in [5, 5.41) is 2.82. The zero-order valence-electron chi connectivity index (χ0n) is 17.8. The first kappa shape index (κ1) is 22.0. The smallest absolute Gasteiger partial charge is 0.255 e. The molecule has 8 heteroatoms. The Morgan fingerprint density at radius 2 is 1.42 bits per heavy atom. The Labute approximate surface area is 190 Å². The predicted molar refractivity (Wildman–Crippen MR) is 123 cm³/mol. The number of morpholine rings is 1. The molecule has 8 nitrogen and oxygen atoms in total. The summed E-state index contributed by atoms with van der Waals surface area (Å²) >= 11 is 0. The van der Waals surface area contributed by atoms with Crippen molar-refractivity contribution < 1.29 is 23.9 Å². The van der Waals surface area contributed by atoms with Gasteiger partial charge < -0.3 is 25.4 Å². The van der Waals surface area contributed by atoms with E-state index < -0.39 is 5.91 Å². The van der Waals surface area contributed by atoms with E-state index in [4.69, 9.17) is 15.2 Å². The Kier molecular flexibility index (Phi) is 6.66. The fraction of sp³-hybridized carbons (Fsp3) is 0.160. The van der Waals surface area contributed by atoms with Crippen molar-refractivity contribution in [1.82, 2.24) is 4.90 Å². The third-order valence-electron chi connectivity index (χ3n) is 5.16. The highest BCUT2D eigenvalue weighted by molar-refractivity contribution is 6.05. The van der Waals surface area contributed by atoms with Crippen LogP contribution in [-0.4, -0.2) is 48.9 Å². The zero-order chi connectivity index (χ0) is 23.2. The van der Waals surface area contributed by atoms with Crippen LogP contribution in [0, 0.1) is 0 Å². The second-order valence-electron chi connectivity index (χ2n) is 7.45. The van der Waals surface area contributed by atoms with Gasteiger partial charge in [-0.2, -0.15) is 0 Å². The number of nitrogens with one attached hydrogen (secondary N) is 1. The fourth-order valence-electron chi connectivity index (χ4n) is 3.38. The lowest BCUT2D eigenvalue weighted by atomic mass is 10.1. The Hall–Kier alpha value is -4.17. The number of nitrogens with two attached hydrogens (primary N) is 1. The number of carbonyl (C=O) groups is 3. The van der Waals surface area contributed by atoms with Crippen LogP contribution >= 0.6 is 0 Å². The Balaban J connectivity index is 1.38. The van der Waals surface area contributed by atoms with E-state index in [2.05, 4.69) is 5.32 Å². The summed E-state index contributed by atoms with van der Waals surface area (Å²) in [6.07, 6.45) is 0. The van der Waals surface area contributed by atoms with Crippen LogP contribution in [0.5, 0.6) is 11.5 Å². The monoisotopic (exact) mass is 445 g/mol. The summed E-state index contributed by atoms with van der Waals surface area (Å²) in [4.78, 5) is 38.2. The van der Waals surface area contributed by atoms with E-state index in [1.54, 1.807) is 77.7 Å². The summed E-state index contributed by atoms with van der Waals surface area (Å²) in [6, 6.07) is 20.0. The van der Waals surface area contributed by atoms with Crippen LogP contribution in [0.2, 0.25) is 0 Å². The number of ether oxygens (including phenoxy) is 2. The summed E-state index contributed by atoms with van der Waals surface area (Å²) in [6.45, 7) is 2.17. The van der Waals surface area contributed by atoms with E-state index in [1.165, 1.54) is 0 Å². The molecule has 0 unspecified atom stereocenters. The minimum absolute atomic E-state index is 0.0836. The summed E-state index contributed by atoms with van der Waals surface area (Å²) in [5.41, 5.74) is 7.12. The van der Waals surface area contributed by atoms with Gasteiger partial charge in [-0.3, -0.25) is 14.4 Å². The molecule has 3 N–H and O–H groups in total. The number of amides is 3. The molecule has 1 heterocycles. The molecule has 0 aliphatic carbocycles. The van der Waals surface area contributed by atoms with Gasteiger partial charge in [0.15, 0.2) is 0 Å². The molecule has 3 aromatic carbocycles. The Morgan fingerprint density at radius 3 is 2.03 bits per heavy atom. The quantitative estimate of drug-likeness (QED) is 0.605.